The zero-order chi connectivity index (χ0) is 21.8. The lowest BCUT2D eigenvalue weighted by Crippen LogP contribution is -2.24. The number of fused-ring (bicyclic) bond motifs is 1. The number of aryl methyl sites for hydroxylation is 2. The number of ether oxygens (including phenoxy) is 1. The second-order valence-electron chi connectivity index (χ2n) is 7.04. The van der Waals surface area contributed by atoms with E-state index in [2.05, 4.69) is 5.32 Å². The van der Waals surface area contributed by atoms with E-state index in [0.717, 1.165) is 34.9 Å². The summed E-state index contributed by atoms with van der Waals surface area (Å²) < 4.78 is 7.10. The van der Waals surface area contributed by atoms with Crippen LogP contribution in [-0.2, 0) is 11.2 Å². The van der Waals surface area contributed by atoms with Crippen molar-refractivity contribution in [3.05, 3.63) is 70.1 Å². The summed E-state index contributed by atoms with van der Waals surface area (Å²) in [6, 6.07) is 15.0. The number of nitrogens with one attached hydrogen (secondary N) is 1. The number of hydrogen-bond acceptors (Lipinski definition) is 6. The van der Waals surface area contributed by atoms with Gasteiger partial charge in [0, 0.05) is 17.9 Å². The molecule has 0 spiro atoms. The number of carbonyl (C=O) groups excluding carboxylic acids is 1. The molecule has 0 saturated heterocycles. The van der Waals surface area contributed by atoms with Crippen LogP contribution in [0.5, 0.6) is 5.75 Å². The van der Waals surface area contributed by atoms with Crippen molar-refractivity contribution in [3.63, 3.8) is 0 Å². The van der Waals surface area contributed by atoms with Gasteiger partial charge in [-0.15, -0.1) is 11.8 Å². The third-order valence-electron chi connectivity index (χ3n) is 4.71. The second kappa shape index (κ2) is 9.62. The Bertz CT molecular complexity index is 1160. The highest BCUT2D eigenvalue weighted by molar-refractivity contribution is 8.00. The number of nitrogens with zero attached hydrogens (tertiary/aromatic N) is 2. The van der Waals surface area contributed by atoms with Crippen molar-refractivity contribution in [1.29, 1.82) is 0 Å². The van der Waals surface area contributed by atoms with Crippen LogP contribution in [0.25, 0.3) is 5.69 Å². The molecule has 2 heterocycles. The Hall–Kier alpha value is -2.71. The summed E-state index contributed by atoms with van der Waals surface area (Å²) in [5.74, 6) is 1.61. The van der Waals surface area contributed by atoms with Crippen LogP contribution in [0.4, 0.5) is 5.69 Å². The molecule has 160 valence electrons. The lowest BCUT2D eigenvalue weighted by Gasteiger charge is -2.14. The fourth-order valence-electron chi connectivity index (χ4n) is 3.32. The standard InChI is InChI=1S/C23H23N3O3S2/c1-3-29-18-9-7-17(8-10-18)26-22(28)21-19(11-12-30-21)25-23(26)31-14-20(27)24-16-6-4-5-15(2)13-16/h4-10,13H,3,11-12,14H2,1-2H3,(H,24,27). The number of carbonyl (C=O) groups is 1. The Balaban J connectivity index is 1.60. The summed E-state index contributed by atoms with van der Waals surface area (Å²) in [4.78, 5) is 31.2. The molecule has 3 aromatic rings. The summed E-state index contributed by atoms with van der Waals surface area (Å²) in [5.41, 5.74) is 3.27. The quantitative estimate of drug-likeness (QED) is 0.424. The smallest absolute Gasteiger partial charge is 0.272 e. The second-order valence-corrected chi connectivity index (χ2v) is 9.09. The van der Waals surface area contributed by atoms with Crippen LogP contribution in [0, 0.1) is 6.92 Å². The Morgan fingerprint density at radius 2 is 2.06 bits per heavy atom. The summed E-state index contributed by atoms with van der Waals surface area (Å²) in [6.45, 7) is 4.48. The van der Waals surface area contributed by atoms with Gasteiger partial charge in [-0.3, -0.25) is 14.2 Å². The van der Waals surface area contributed by atoms with Crippen LogP contribution in [0.15, 0.2) is 63.4 Å². The van der Waals surface area contributed by atoms with Crippen LogP contribution in [0.1, 0.15) is 18.2 Å². The average Bonchev–Trinajstić information content (AvgIpc) is 3.22. The minimum atomic E-state index is -0.141. The molecule has 1 aromatic heterocycles. The number of hydrogen-bond donors (Lipinski definition) is 1. The highest BCUT2D eigenvalue weighted by atomic mass is 32.2. The van der Waals surface area contributed by atoms with E-state index in [0.29, 0.717) is 22.3 Å². The fourth-order valence-corrected chi connectivity index (χ4v) is 5.18. The van der Waals surface area contributed by atoms with E-state index in [1.165, 1.54) is 11.8 Å². The van der Waals surface area contributed by atoms with Gasteiger partial charge < -0.3 is 10.1 Å². The maximum Gasteiger partial charge on any atom is 0.272 e. The van der Waals surface area contributed by atoms with Crippen molar-refractivity contribution in [2.24, 2.45) is 0 Å². The van der Waals surface area contributed by atoms with Gasteiger partial charge in [-0.05, 0) is 55.8 Å². The molecule has 0 saturated carbocycles. The summed E-state index contributed by atoms with van der Waals surface area (Å²) in [7, 11) is 0. The van der Waals surface area contributed by atoms with Crippen molar-refractivity contribution < 1.29 is 9.53 Å². The SMILES string of the molecule is CCOc1ccc(-n2c(SCC(=O)Nc3cccc(C)c3)nc3c(c2=O)SCC3)cc1. The van der Waals surface area contributed by atoms with Crippen LogP contribution in [0.3, 0.4) is 0 Å². The molecule has 0 unspecified atom stereocenters. The summed E-state index contributed by atoms with van der Waals surface area (Å²) >= 11 is 2.81. The monoisotopic (exact) mass is 453 g/mol. The van der Waals surface area contributed by atoms with Gasteiger partial charge in [0.25, 0.3) is 5.56 Å². The first kappa shape index (κ1) is 21.5. The molecular formula is C23H23N3O3S2. The largest absolute Gasteiger partial charge is 0.494 e. The summed E-state index contributed by atoms with van der Waals surface area (Å²) in [6.07, 6.45) is 0.766. The van der Waals surface area contributed by atoms with E-state index < -0.39 is 0 Å². The van der Waals surface area contributed by atoms with Crippen LogP contribution >= 0.6 is 23.5 Å². The Morgan fingerprint density at radius 1 is 1.26 bits per heavy atom. The van der Waals surface area contributed by atoms with Crippen molar-refractivity contribution in [2.45, 2.75) is 30.3 Å². The third kappa shape index (κ3) is 4.97. The minimum absolute atomic E-state index is 0.0850. The first-order valence-corrected chi connectivity index (χ1v) is 12.0. The molecule has 6 nitrogen and oxygen atoms in total. The van der Waals surface area contributed by atoms with Gasteiger partial charge in [0.2, 0.25) is 5.91 Å². The van der Waals surface area contributed by atoms with Crippen LogP contribution in [0.2, 0.25) is 0 Å². The first-order valence-electron chi connectivity index (χ1n) is 10.1. The lowest BCUT2D eigenvalue weighted by atomic mass is 10.2. The average molecular weight is 454 g/mol. The van der Waals surface area contributed by atoms with Crippen LogP contribution in [-0.4, -0.2) is 33.6 Å². The first-order chi connectivity index (χ1) is 15.0. The molecule has 2 aromatic carbocycles. The number of amides is 1. The molecule has 1 amide bonds. The molecular weight excluding hydrogens is 430 g/mol. The molecule has 31 heavy (non-hydrogen) atoms. The Morgan fingerprint density at radius 3 is 2.81 bits per heavy atom. The van der Waals surface area contributed by atoms with Crippen molar-refractivity contribution in [2.75, 3.05) is 23.4 Å². The molecule has 0 aliphatic carbocycles. The zero-order valence-electron chi connectivity index (χ0n) is 17.4. The normalized spacial score (nSPS) is 12.5. The van der Waals surface area contributed by atoms with E-state index in [9.17, 15) is 9.59 Å². The van der Waals surface area contributed by atoms with E-state index in [1.54, 1.807) is 16.3 Å². The van der Waals surface area contributed by atoms with Gasteiger partial charge in [-0.2, -0.15) is 0 Å². The summed E-state index contributed by atoms with van der Waals surface area (Å²) in [5, 5.41) is 3.43. The highest BCUT2D eigenvalue weighted by Crippen LogP contribution is 2.30. The highest BCUT2D eigenvalue weighted by Gasteiger charge is 2.23. The molecule has 8 heteroatoms. The molecule has 0 bridgehead atoms. The maximum atomic E-state index is 13.2. The number of benzene rings is 2. The topological polar surface area (TPSA) is 73.2 Å². The van der Waals surface area contributed by atoms with Crippen molar-refractivity contribution in [3.8, 4) is 11.4 Å². The van der Waals surface area contributed by atoms with Gasteiger partial charge in [0.15, 0.2) is 5.16 Å². The molecule has 4 rings (SSSR count). The third-order valence-corrected chi connectivity index (χ3v) is 6.75. The predicted octanol–water partition coefficient (Wildman–Crippen LogP) is 4.32. The van der Waals surface area contributed by atoms with E-state index in [-0.39, 0.29) is 17.2 Å². The number of aromatic nitrogens is 2. The zero-order valence-corrected chi connectivity index (χ0v) is 19.0. The van der Waals surface area contributed by atoms with E-state index in [4.69, 9.17) is 9.72 Å². The number of anilines is 1. The van der Waals surface area contributed by atoms with Gasteiger partial charge in [0.1, 0.15) is 5.75 Å². The van der Waals surface area contributed by atoms with Gasteiger partial charge in [0.05, 0.1) is 28.6 Å². The number of rotatable bonds is 7. The van der Waals surface area contributed by atoms with Gasteiger partial charge in [-0.25, -0.2) is 4.98 Å². The molecule has 0 atom stereocenters. The lowest BCUT2D eigenvalue weighted by molar-refractivity contribution is -0.113. The molecule has 0 fully saturated rings. The Labute approximate surface area is 189 Å². The predicted molar refractivity (Wildman–Crippen MR) is 126 cm³/mol. The van der Waals surface area contributed by atoms with Gasteiger partial charge >= 0.3 is 0 Å². The van der Waals surface area contributed by atoms with Crippen molar-refractivity contribution in [1.82, 2.24) is 9.55 Å². The molecule has 1 N–H and O–H groups in total. The maximum absolute atomic E-state index is 13.2. The van der Waals surface area contributed by atoms with E-state index >= 15 is 0 Å². The van der Waals surface area contributed by atoms with Gasteiger partial charge in [-0.1, -0.05) is 23.9 Å². The van der Waals surface area contributed by atoms with Crippen LogP contribution < -0.4 is 15.6 Å². The Kier molecular flexibility index (Phi) is 6.67. The minimum Gasteiger partial charge on any atom is -0.494 e. The number of thioether (sulfide) groups is 2. The van der Waals surface area contributed by atoms with Crippen molar-refractivity contribution >= 4 is 35.1 Å². The molecule has 1 aliphatic rings. The molecule has 1 aliphatic heterocycles. The molecule has 0 radical (unpaired) electrons. The fraction of sp³-hybridized carbons (Fsp3) is 0.261. The van der Waals surface area contributed by atoms with E-state index in [1.807, 2.05) is 62.4 Å².